The van der Waals surface area contributed by atoms with E-state index in [4.69, 9.17) is 0 Å². The van der Waals surface area contributed by atoms with Crippen molar-refractivity contribution in [2.24, 2.45) is 5.92 Å². The zero-order chi connectivity index (χ0) is 23.5. The predicted molar refractivity (Wildman–Crippen MR) is 80.5 cm³/mol. The summed E-state index contributed by atoms with van der Waals surface area (Å²) >= 11 is 0. The van der Waals surface area contributed by atoms with Crippen molar-refractivity contribution in [3.05, 3.63) is 12.2 Å². The van der Waals surface area contributed by atoms with Crippen LogP contribution in [0.4, 0.5) is 48.3 Å². The highest BCUT2D eigenvalue weighted by molar-refractivity contribution is 5.06. The number of hydrogen-bond acceptors (Lipinski definition) is 2. The van der Waals surface area contributed by atoms with E-state index in [1.807, 2.05) is 0 Å². The second-order valence-electron chi connectivity index (χ2n) is 6.52. The van der Waals surface area contributed by atoms with Crippen LogP contribution in [0.3, 0.4) is 0 Å². The van der Waals surface area contributed by atoms with Gasteiger partial charge in [-0.15, -0.1) is 0 Å². The van der Waals surface area contributed by atoms with Crippen LogP contribution in [0.5, 0.6) is 0 Å². The van der Waals surface area contributed by atoms with Crippen LogP contribution in [0.1, 0.15) is 33.1 Å². The fourth-order valence-corrected chi connectivity index (χ4v) is 2.37. The number of ether oxygens (including phenoxy) is 1. The van der Waals surface area contributed by atoms with Crippen molar-refractivity contribution >= 4 is 0 Å². The van der Waals surface area contributed by atoms with Gasteiger partial charge in [0.2, 0.25) is 0 Å². The normalized spacial score (nSPS) is 15.7. The van der Waals surface area contributed by atoms with Gasteiger partial charge in [-0.25, -0.2) is 0 Å². The largest absolute Gasteiger partial charge is 0.460 e. The van der Waals surface area contributed by atoms with Crippen molar-refractivity contribution in [1.29, 1.82) is 0 Å². The van der Waals surface area contributed by atoms with Gasteiger partial charge in [0.1, 0.15) is 6.61 Å². The molecule has 0 bridgehead atoms. The van der Waals surface area contributed by atoms with Crippen LogP contribution in [0.15, 0.2) is 12.2 Å². The van der Waals surface area contributed by atoms with Crippen LogP contribution in [-0.2, 0) is 4.74 Å². The van der Waals surface area contributed by atoms with Crippen LogP contribution in [0.25, 0.3) is 0 Å². The Labute approximate surface area is 159 Å². The molecule has 0 spiro atoms. The molecular formula is C16H21F11O2. The molecule has 0 aliphatic carbocycles. The molecule has 0 radical (unpaired) electrons. The summed E-state index contributed by atoms with van der Waals surface area (Å²) < 4.78 is 145. The van der Waals surface area contributed by atoms with E-state index in [0.717, 1.165) is 0 Å². The van der Waals surface area contributed by atoms with Gasteiger partial charge in [-0.1, -0.05) is 33.3 Å². The minimum Gasteiger partial charge on any atom is -0.393 e. The first-order valence-corrected chi connectivity index (χ1v) is 8.30. The number of hydrogen-bond donors (Lipinski definition) is 1. The maximum Gasteiger partial charge on any atom is 0.460 e. The van der Waals surface area contributed by atoms with E-state index in [2.05, 4.69) is 11.3 Å². The van der Waals surface area contributed by atoms with E-state index >= 15 is 0 Å². The SMILES string of the molecule is C=C(COCC(F)(F)C(F)(F)C(F)(F)C(F)(F)C(F)(F)F)CC(O)C(CC)CC. The van der Waals surface area contributed by atoms with Crippen LogP contribution < -0.4 is 0 Å². The average molecular weight is 454 g/mol. The Morgan fingerprint density at radius 2 is 1.28 bits per heavy atom. The molecule has 0 saturated carbocycles. The van der Waals surface area contributed by atoms with Gasteiger partial charge in [0.15, 0.2) is 0 Å². The second-order valence-corrected chi connectivity index (χ2v) is 6.52. The predicted octanol–water partition coefficient (Wildman–Crippen LogP) is 5.85. The molecule has 0 aromatic carbocycles. The molecule has 13 heteroatoms. The minimum absolute atomic E-state index is 0.101. The van der Waals surface area contributed by atoms with Gasteiger partial charge >= 0.3 is 29.9 Å². The lowest BCUT2D eigenvalue weighted by Gasteiger charge is -2.37. The topological polar surface area (TPSA) is 29.5 Å². The molecule has 0 aromatic heterocycles. The molecule has 1 atom stereocenters. The van der Waals surface area contributed by atoms with Crippen molar-refractivity contribution in [3.8, 4) is 0 Å². The van der Waals surface area contributed by atoms with E-state index in [1.54, 1.807) is 13.8 Å². The Balaban J connectivity index is 5.15. The fraction of sp³-hybridized carbons (Fsp3) is 0.875. The molecule has 0 amide bonds. The van der Waals surface area contributed by atoms with Crippen molar-refractivity contribution < 1.29 is 58.1 Å². The smallest absolute Gasteiger partial charge is 0.393 e. The van der Waals surface area contributed by atoms with Gasteiger partial charge in [0, 0.05) is 0 Å². The van der Waals surface area contributed by atoms with Gasteiger partial charge in [0.05, 0.1) is 12.7 Å². The average Bonchev–Trinajstić information content (AvgIpc) is 2.53. The number of aliphatic hydroxyl groups is 1. The lowest BCUT2D eigenvalue weighted by Crippen LogP contribution is -2.67. The molecule has 0 aromatic rings. The molecule has 29 heavy (non-hydrogen) atoms. The van der Waals surface area contributed by atoms with Crippen LogP contribution in [0.2, 0.25) is 0 Å². The lowest BCUT2D eigenvalue weighted by atomic mass is 9.92. The first kappa shape index (κ1) is 27.9. The summed E-state index contributed by atoms with van der Waals surface area (Å²) in [5.74, 6) is -28.2. The van der Waals surface area contributed by atoms with Crippen molar-refractivity contribution in [3.63, 3.8) is 0 Å². The second kappa shape index (κ2) is 9.36. The molecular weight excluding hydrogens is 433 g/mol. The van der Waals surface area contributed by atoms with E-state index in [0.29, 0.717) is 12.8 Å². The standard InChI is InChI=1S/C16H21F11O2/c1-4-10(5-2)11(28)6-9(3)7-29-8-12(17,18)13(19,20)14(21,22)15(23,24)16(25,26)27/h10-11,28H,3-8H2,1-2H3. The van der Waals surface area contributed by atoms with Crippen molar-refractivity contribution in [2.45, 2.75) is 69.1 Å². The maximum absolute atomic E-state index is 13.4. The van der Waals surface area contributed by atoms with Gasteiger partial charge in [-0.05, 0) is 17.9 Å². The third kappa shape index (κ3) is 5.74. The summed E-state index contributed by atoms with van der Waals surface area (Å²) in [5, 5.41) is 9.87. The van der Waals surface area contributed by atoms with E-state index in [9.17, 15) is 53.4 Å². The molecule has 0 aliphatic heterocycles. The third-order valence-electron chi connectivity index (χ3n) is 4.28. The zero-order valence-corrected chi connectivity index (χ0v) is 15.4. The van der Waals surface area contributed by atoms with Gasteiger partial charge in [-0.2, -0.15) is 48.3 Å². The molecule has 0 saturated heterocycles. The van der Waals surface area contributed by atoms with Crippen LogP contribution in [-0.4, -0.2) is 54.3 Å². The first-order valence-electron chi connectivity index (χ1n) is 8.30. The fourth-order valence-electron chi connectivity index (χ4n) is 2.37. The number of halogens is 11. The number of rotatable bonds is 12. The number of alkyl halides is 11. The van der Waals surface area contributed by atoms with Gasteiger partial charge in [-0.3, -0.25) is 0 Å². The summed E-state index contributed by atoms with van der Waals surface area (Å²) in [6.45, 7) is 3.29. The first-order chi connectivity index (χ1) is 12.8. The van der Waals surface area contributed by atoms with Crippen LogP contribution >= 0.6 is 0 Å². The maximum atomic E-state index is 13.4. The zero-order valence-electron chi connectivity index (χ0n) is 15.4. The highest BCUT2D eigenvalue weighted by Crippen LogP contribution is 2.57. The molecule has 2 nitrogen and oxygen atoms in total. The molecule has 1 unspecified atom stereocenters. The quantitative estimate of drug-likeness (QED) is 0.296. The van der Waals surface area contributed by atoms with Gasteiger partial charge in [0.25, 0.3) is 0 Å². The summed E-state index contributed by atoms with van der Waals surface area (Å²) in [5.41, 5.74) is -0.101. The summed E-state index contributed by atoms with van der Waals surface area (Å²) in [4.78, 5) is 0. The summed E-state index contributed by atoms with van der Waals surface area (Å²) in [6.07, 6.45) is -7.32. The Kier molecular flexibility index (Phi) is 9.00. The summed E-state index contributed by atoms with van der Waals surface area (Å²) in [7, 11) is 0. The molecule has 0 heterocycles. The highest BCUT2D eigenvalue weighted by Gasteiger charge is 2.87. The van der Waals surface area contributed by atoms with Gasteiger partial charge < -0.3 is 9.84 Å². The Morgan fingerprint density at radius 3 is 1.66 bits per heavy atom. The lowest BCUT2D eigenvalue weighted by molar-refractivity contribution is -0.424. The Hall–Kier alpha value is -1.11. The third-order valence-corrected chi connectivity index (χ3v) is 4.28. The van der Waals surface area contributed by atoms with Crippen LogP contribution in [0, 0.1) is 5.92 Å². The summed E-state index contributed by atoms with van der Waals surface area (Å²) in [6, 6.07) is 0. The van der Waals surface area contributed by atoms with E-state index in [-0.39, 0.29) is 17.9 Å². The Morgan fingerprint density at radius 1 is 0.828 bits per heavy atom. The van der Waals surface area contributed by atoms with E-state index < -0.39 is 49.2 Å². The Bertz CT molecular complexity index is 539. The highest BCUT2D eigenvalue weighted by atomic mass is 19.4. The molecule has 1 N–H and O–H groups in total. The number of aliphatic hydroxyl groups excluding tert-OH is 1. The molecule has 0 fully saturated rings. The molecule has 0 aliphatic rings. The minimum atomic E-state index is -7.45. The van der Waals surface area contributed by atoms with Crippen molar-refractivity contribution in [2.75, 3.05) is 13.2 Å². The van der Waals surface area contributed by atoms with E-state index in [1.165, 1.54) is 0 Å². The molecule has 0 rings (SSSR count). The van der Waals surface area contributed by atoms with Crippen molar-refractivity contribution in [1.82, 2.24) is 0 Å². The molecule has 174 valence electrons. The monoisotopic (exact) mass is 454 g/mol.